The van der Waals surface area contributed by atoms with Crippen LogP contribution in [-0.4, -0.2) is 11.6 Å². The van der Waals surface area contributed by atoms with Crippen LogP contribution < -0.4 is 0 Å². The zero-order valence-corrected chi connectivity index (χ0v) is 9.96. The van der Waals surface area contributed by atoms with E-state index in [1.165, 1.54) is 19.3 Å². The molecular weight excluding hydrogens is 210 g/mol. The summed E-state index contributed by atoms with van der Waals surface area (Å²) in [6, 6.07) is 5.59. The Morgan fingerprint density at radius 1 is 1.27 bits per heavy atom. The zero-order valence-electron chi connectivity index (χ0n) is 9.21. The number of pyridine rings is 1. The largest absolute Gasteiger partial charge is 0.375 e. The SMILES string of the molecule is CCCCCCOCc1cccc(Cl)n1. The van der Waals surface area contributed by atoms with Crippen LogP contribution in [0.2, 0.25) is 5.15 Å². The molecule has 0 radical (unpaired) electrons. The van der Waals surface area contributed by atoms with Crippen LogP contribution in [0.1, 0.15) is 38.3 Å². The Balaban J connectivity index is 2.10. The second kappa shape index (κ2) is 7.66. The molecule has 1 heterocycles. The molecule has 0 spiro atoms. The number of unbranched alkanes of at least 4 members (excludes halogenated alkanes) is 3. The third kappa shape index (κ3) is 5.75. The topological polar surface area (TPSA) is 22.1 Å². The van der Waals surface area contributed by atoms with E-state index in [-0.39, 0.29) is 0 Å². The third-order valence-electron chi connectivity index (χ3n) is 2.16. The van der Waals surface area contributed by atoms with E-state index in [1.54, 1.807) is 6.07 Å². The van der Waals surface area contributed by atoms with Gasteiger partial charge in [-0.3, -0.25) is 0 Å². The van der Waals surface area contributed by atoms with Gasteiger partial charge in [-0.2, -0.15) is 0 Å². The molecule has 0 atom stereocenters. The lowest BCUT2D eigenvalue weighted by Gasteiger charge is -2.03. The highest BCUT2D eigenvalue weighted by Gasteiger charge is 1.95. The maximum atomic E-state index is 5.76. The summed E-state index contributed by atoms with van der Waals surface area (Å²) in [6.45, 7) is 3.58. The van der Waals surface area contributed by atoms with Crippen LogP contribution in [0.4, 0.5) is 0 Å². The molecule has 3 heteroatoms. The van der Waals surface area contributed by atoms with Gasteiger partial charge in [-0.1, -0.05) is 43.9 Å². The number of nitrogens with zero attached hydrogens (tertiary/aromatic N) is 1. The smallest absolute Gasteiger partial charge is 0.129 e. The van der Waals surface area contributed by atoms with Crippen molar-refractivity contribution >= 4 is 11.6 Å². The minimum Gasteiger partial charge on any atom is -0.375 e. The fraction of sp³-hybridized carbons (Fsp3) is 0.583. The molecule has 0 saturated carbocycles. The predicted molar refractivity (Wildman–Crippen MR) is 63.0 cm³/mol. The van der Waals surface area contributed by atoms with Crippen molar-refractivity contribution in [2.75, 3.05) is 6.61 Å². The van der Waals surface area contributed by atoms with Gasteiger partial charge in [-0.25, -0.2) is 4.98 Å². The van der Waals surface area contributed by atoms with Gasteiger partial charge in [0, 0.05) is 6.61 Å². The Kier molecular flexibility index (Phi) is 6.37. The Morgan fingerprint density at radius 2 is 2.13 bits per heavy atom. The average molecular weight is 228 g/mol. The fourth-order valence-electron chi connectivity index (χ4n) is 1.34. The summed E-state index contributed by atoms with van der Waals surface area (Å²) in [4.78, 5) is 4.15. The highest BCUT2D eigenvalue weighted by Crippen LogP contribution is 2.06. The molecule has 0 unspecified atom stereocenters. The molecule has 1 rings (SSSR count). The van der Waals surface area contributed by atoms with E-state index < -0.39 is 0 Å². The lowest BCUT2D eigenvalue weighted by atomic mass is 10.2. The van der Waals surface area contributed by atoms with E-state index in [9.17, 15) is 0 Å². The summed E-state index contributed by atoms with van der Waals surface area (Å²) in [5.74, 6) is 0. The monoisotopic (exact) mass is 227 g/mol. The second-order valence-corrected chi connectivity index (χ2v) is 3.95. The number of halogens is 1. The molecule has 0 fully saturated rings. The van der Waals surface area contributed by atoms with Gasteiger partial charge < -0.3 is 4.74 Å². The molecule has 1 aromatic rings. The van der Waals surface area contributed by atoms with Crippen LogP contribution in [0.5, 0.6) is 0 Å². The molecule has 0 aliphatic rings. The molecule has 0 aromatic carbocycles. The maximum absolute atomic E-state index is 5.76. The van der Waals surface area contributed by atoms with Crippen LogP contribution >= 0.6 is 11.6 Å². The molecule has 1 aromatic heterocycles. The number of hydrogen-bond acceptors (Lipinski definition) is 2. The second-order valence-electron chi connectivity index (χ2n) is 3.56. The molecule has 0 aliphatic heterocycles. The van der Waals surface area contributed by atoms with E-state index in [4.69, 9.17) is 16.3 Å². The fourth-order valence-corrected chi connectivity index (χ4v) is 1.52. The summed E-state index contributed by atoms with van der Waals surface area (Å²) >= 11 is 5.76. The first-order valence-corrected chi connectivity index (χ1v) is 5.90. The van der Waals surface area contributed by atoms with Crippen LogP contribution in [-0.2, 0) is 11.3 Å². The summed E-state index contributed by atoms with van der Waals surface area (Å²) in [7, 11) is 0. The summed E-state index contributed by atoms with van der Waals surface area (Å²) in [5, 5.41) is 0.530. The van der Waals surface area contributed by atoms with Crippen molar-refractivity contribution in [3.05, 3.63) is 29.0 Å². The van der Waals surface area contributed by atoms with Gasteiger partial charge in [0.25, 0.3) is 0 Å². The predicted octanol–water partition coefficient (Wildman–Crippen LogP) is 3.83. The van der Waals surface area contributed by atoms with Crippen molar-refractivity contribution in [2.45, 2.75) is 39.2 Å². The van der Waals surface area contributed by atoms with Crippen LogP contribution in [0, 0.1) is 0 Å². The maximum Gasteiger partial charge on any atom is 0.129 e. The van der Waals surface area contributed by atoms with Crippen molar-refractivity contribution < 1.29 is 4.74 Å². The quantitative estimate of drug-likeness (QED) is 0.522. The Morgan fingerprint density at radius 3 is 2.87 bits per heavy atom. The number of aromatic nitrogens is 1. The lowest BCUT2D eigenvalue weighted by Crippen LogP contribution is -1.97. The van der Waals surface area contributed by atoms with E-state index >= 15 is 0 Å². The van der Waals surface area contributed by atoms with Crippen molar-refractivity contribution in [1.82, 2.24) is 4.98 Å². The normalized spacial score (nSPS) is 10.5. The van der Waals surface area contributed by atoms with Crippen LogP contribution in [0.25, 0.3) is 0 Å². The summed E-state index contributed by atoms with van der Waals surface area (Å²) in [5.41, 5.74) is 0.901. The molecule has 15 heavy (non-hydrogen) atoms. The molecular formula is C12H18ClNO. The number of ether oxygens (including phenoxy) is 1. The third-order valence-corrected chi connectivity index (χ3v) is 2.38. The Hall–Kier alpha value is -0.600. The zero-order chi connectivity index (χ0) is 10.9. The minimum absolute atomic E-state index is 0.530. The summed E-state index contributed by atoms with van der Waals surface area (Å²) in [6.07, 6.45) is 4.93. The first kappa shape index (κ1) is 12.5. The van der Waals surface area contributed by atoms with E-state index in [1.807, 2.05) is 12.1 Å². The molecule has 84 valence electrons. The van der Waals surface area contributed by atoms with Gasteiger partial charge in [0.2, 0.25) is 0 Å². The van der Waals surface area contributed by atoms with Crippen molar-refractivity contribution in [1.29, 1.82) is 0 Å². The number of hydrogen-bond donors (Lipinski definition) is 0. The van der Waals surface area contributed by atoms with E-state index in [0.717, 1.165) is 18.7 Å². The van der Waals surface area contributed by atoms with Gasteiger partial charge in [-0.05, 0) is 18.6 Å². The molecule has 0 aliphatic carbocycles. The van der Waals surface area contributed by atoms with Crippen LogP contribution in [0.15, 0.2) is 18.2 Å². The Labute approximate surface area is 96.6 Å². The number of rotatable bonds is 7. The van der Waals surface area contributed by atoms with Gasteiger partial charge in [0.15, 0.2) is 0 Å². The summed E-state index contributed by atoms with van der Waals surface area (Å²) < 4.78 is 5.50. The van der Waals surface area contributed by atoms with Crippen molar-refractivity contribution in [2.24, 2.45) is 0 Å². The van der Waals surface area contributed by atoms with Gasteiger partial charge in [0.1, 0.15) is 5.15 Å². The minimum atomic E-state index is 0.530. The van der Waals surface area contributed by atoms with Gasteiger partial charge in [-0.15, -0.1) is 0 Å². The Bertz CT molecular complexity index is 278. The van der Waals surface area contributed by atoms with Crippen molar-refractivity contribution in [3.63, 3.8) is 0 Å². The van der Waals surface area contributed by atoms with Crippen LogP contribution in [0.3, 0.4) is 0 Å². The standard InChI is InChI=1S/C12H18ClNO/c1-2-3-4-5-9-15-10-11-7-6-8-12(13)14-11/h6-8H,2-5,9-10H2,1H3. The van der Waals surface area contributed by atoms with Gasteiger partial charge >= 0.3 is 0 Å². The molecule has 0 N–H and O–H groups in total. The molecule has 0 bridgehead atoms. The molecule has 0 saturated heterocycles. The highest BCUT2D eigenvalue weighted by atomic mass is 35.5. The van der Waals surface area contributed by atoms with E-state index in [0.29, 0.717) is 11.8 Å². The highest BCUT2D eigenvalue weighted by molar-refractivity contribution is 6.29. The van der Waals surface area contributed by atoms with Crippen molar-refractivity contribution in [3.8, 4) is 0 Å². The van der Waals surface area contributed by atoms with E-state index in [2.05, 4.69) is 11.9 Å². The molecule has 0 amide bonds. The first-order valence-electron chi connectivity index (χ1n) is 5.52. The first-order chi connectivity index (χ1) is 7.33. The lowest BCUT2D eigenvalue weighted by molar-refractivity contribution is 0.114. The average Bonchev–Trinajstić information content (AvgIpc) is 2.23. The molecule has 2 nitrogen and oxygen atoms in total. The van der Waals surface area contributed by atoms with Gasteiger partial charge in [0.05, 0.1) is 12.3 Å².